The van der Waals surface area contributed by atoms with Crippen molar-refractivity contribution in [2.75, 3.05) is 7.11 Å². The van der Waals surface area contributed by atoms with E-state index in [4.69, 9.17) is 14.0 Å². The maximum Gasteiger partial charge on any atom is 0.311 e. The largest absolute Gasteiger partial charge is 0.493 e. The van der Waals surface area contributed by atoms with Gasteiger partial charge in [-0.1, -0.05) is 45.4 Å². The van der Waals surface area contributed by atoms with Gasteiger partial charge in [-0.25, -0.2) is 0 Å². The third kappa shape index (κ3) is 7.31. The summed E-state index contributed by atoms with van der Waals surface area (Å²) in [6, 6.07) is 3.60. The van der Waals surface area contributed by atoms with Crippen molar-refractivity contribution >= 4 is 16.1 Å². The first kappa shape index (κ1) is 20.4. The van der Waals surface area contributed by atoms with Crippen molar-refractivity contribution in [1.82, 2.24) is 0 Å². The van der Waals surface area contributed by atoms with Gasteiger partial charge >= 0.3 is 5.97 Å². The lowest BCUT2D eigenvalue weighted by Crippen LogP contribution is -2.09. The first-order chi connectivity index (χ1) is 11.4. The summed E-state index contributed by atoms with van der Waals surface area (Å²) in [4.78, 5) is 11.5. The Morgan fingerprint density at radius 3 is 2.25 bits per heavy atom. The number of hydrogen-bond donors (Lipinski definition) is 1. The molecule has 0 fully saturated rings. The molecule has 1 aromatic carbocycles. The number of ether oxygens (including phenoxy) is 2. The van der Waals surface area contributed by atoms with Crippen molar-refractivity contribution in [2.24, 2.45) is 0 Å². The van der Waals surface area contributed by atoms with Gasteiger partial charge < -0.3 is 9.47 Å². The predicted molar refractivity (Wildman–Crippen MR) is 91.1 cm³/mol. The summed E-state index contributed by atoms with van der Waals surface area (Å²) in [5.74, 6) is -0.231. The maximum absolute atomic E-state index is 11.9. The normalized spacial score (nSPS) is 11.3. The maximum atomic E-state index is 11.9. The molecule has 7 heteroatoms. The van der Waals surface area contributed by atoms with Crippen molar-refractivity contribution in [3.63, 3.8) is 0 Å². The van der Waals surface area contributed by atoms with E-state index in [9.17, 15) is 13.2 Å². The van der Waals surface area contributed by atoms with Gasteiger partial charge in [-0.2, -0.15) is 8.42 Å². The van der Waals surface area contributed by atoms with E-state index in [0.29, 0.717) is 0 Å². The standard InChI is InChI=1S/C17H26O6S/c1-3-4-5-6-7-8-9-10-17(18)23-16-13-14(24(19,20)21)11-12-15(16)22-2/h11-13H,3-10H2,1-2H3,(H,19,20,21). The van der Waals surface area contributed by atoms with Gasteiger partial charge in [0.1, 0.15) is 0 Å². The number of rotatable bonds is 11. The van der Waals surface area contributed by atoms with Crippen molar-refractivity contribution in [3.05, 3.63) is 18.2 Å². The average Bonchev–Trinajstić information content (AvgIpc) is 2.53. The molecule has 0 atom stereocenters. The van der Waals surface area contributed by atoms with Crippen LogP contribution < -0.4 is 9.47 Å². The lowest BCUT2D eigenvalue weighted by atomic mass is 10.1. The Morgan fingerprint density at radius 1 is 1.04 bits per heavy atom. The van der Waals surface area contributed by atoms with E-state index >= 15 is 0 Å². The van der Waals surface area contributed by atoms with E-state index in [-0.39, 0.29) is 22.8 Å². The van der Waals surface area contributed by atoms with Crippen molar-refractivity contribution in [2.45, 2.75) is 63.2 Å². The SMILES string of the molecule is CCCCCCCCCC(=O)Oc1cc(S(=O)(=O)O)ccc1OC. The molecule has 6 nitrogen and oxygen atoms in total. The minimum atomic E-state index is -4.37. The molecule has 0 aliphatic carbocycles. The van der Waals surface area contributed by atoms with E-state index in [1.165, 1.54) is 44.9 Å². The lowest BCUT2D eigenvalue weighted by molar-refractivity contribution is -0.134. The molecule has 1 N–H and O–H groups in total. The first-order valence-corrected chi connectivity index (χ1v) is 9.68. The first-order valence-electron chi connectivity index (χ1n) is 8.24. The van der Waals surface area contributed by atoms with E-state index in [0.717, 1.165) is 25.3 Å². The molecule has 1 rings (SSSR count). The highest BCUT2D eigenvalue weighted by atomic mass is 32.2. The van der Waals surface area contributed by atoms with Gasteiger partial charge in [-0.15, -0.1) is 0 Å². The van der Waals surface area contributed by atoms with Crippen LogP contribution in [0.25, 0.3) is 0 Å². The van der Waals surface area contributed by atoms with Crippen LogP contribution in [-0.2, 0) is 14.9 Å². The summed E-state index contributed by atoms with van der Waals surface area (Å²) in [7, 11) is -2.98. The van der Waals surface area contributed by atoms with Crippen molar-refractivity contribution < 1.29 is 27.2 Å². The minimum absolute atomic E-state index is 0.0134. The second kappa shape index (κ2) is 10.3. The van der Waals surface area contributed by atoms with Crippen molar-refractivity contribution in [3.8, 4) is 11.5 Å². The van der Waals surface area contributed by atoms with Gasteiger partial charge in [0.15, 0.2) is 11.5 Å². The Bertz CT molecular complexity index is 624. The molecule has 0 spiro atoms. The molecule has 0 radical (unpaired) electrons. The second-order valence-corrected chi connectivity index (χ2v) is 7.05. The fourth-order valence-corrected chi connectivity index (χ4v) is 2.79. The van der Waals surface area contributed by atoms with Crippen LogP contribution in [0.2, 0.25) is 0 Å². The number of carbonyl (C=O) groups excluding carboxylic acids is 1. The number of unbranched alkanes of at least 4 members (excludes halogenated alkanes) is 6. The third-order valence-electron chi connectivity index (χ3n) is 3.64. The topological polar surface area (TPSA) is 89.9 Å². The van der Waals surface area contributed by atoms with Gasteiger partial charge in [-0.3, -0.25) is 9.35 Å². The Hall–Kier alpha value is -1.60. The molecule has 1 aromatic rings. The van der Waals surface area contributed by atoms with Crippen LogP contribution in [0.4, 0.5) is 0 Å². The second-order valence-electron chi connectivity index (χ2n) is 5.63. The summed E-state index contributed by atoms with van der Waals surface area (Å²) >= 11 is 0. The van der Waals surface area contributed by atoms with Gasteiger partial charge in [0, 0.05) is 12.5 Å². The molecule has 0 aromatic heterocycles. The van der Waals surface area contributed by atoms with E-state index in [2.05, 4.69) is 6.92 Å². The number of methoxy groups -OCH3 is 1. The van der Waals surface area contributed by atoms with E-state index < -0.39 is 16.1 Å². The van der Waals surface area contributed by atoms with Gasteiger partial charge in [0.05, 0.1) is 12.0 Å². The minimum Gasteiger partial charge on any atom is -0.493 e. The number of benzene rings is 1. The zero-order valence-corrected chi connectivity index (χ0v) is 15.1. The smallest absolute Gasteiger partial charge is 0.311 e. The van der Waals surface area contributed by atoms with E-state index in [1.54, 1.807) is 0 Å². The molecule has 0 bridgehead atoms. The molecule has 0 aliphatic heterocycles. The van der Waals surface area contributed by atoms with Crippen LogP contribution in [0.1, 0.15) is 58.3 Å². The molecular formula is C17H26O6S. The summed E-state index contributed by atoms with van der Waals surface area (Å²) in [6.07, 6.45) is 7.88. The average molecular weight is 358 g/mol. The van der Waals surface area contributed by atoms with Gasteiger partial charge in [0.2, 0.25) is 0 Å². The molecule has 0 amide bonds. The Morgan fingerprint density at radius 2 is 1.67 bits per heavy atom. The molecule has 24 heavy (non-hydrogen) atoms. The fourth-order valence-electron chi connectivity index (χ4n) is 2.30. The summed E-state index contributed by atoms with van der Waals surface area (Å²) < 4.78 is 41.6. The molecule has 0 unspecified atom stereocenters. The third-order valence-corrected chi connectivity index (χ3v) is 4.49. The molecule has 0 saturated carbocycles. The van der Waals surface area contributed by atoms with Crippen LogP contribution in [-0.4, -0.2) is 26.0 Å². The summed E-state index contributed by atoms with van der Waals surface area (Å²) in [5.41, 5.74) is 0. The zero-order chi connectivity index (χ0) is 18.0. The summed E-state index contributed by atoms with van der Waals surface area (Å²) in [5, 5.41) is 0. The highest BCUT2D eigenvalue weighted by Gasteiger charge is 2.16. The van der Waals surface area contributed by atoms with E-state index in [1.807, 2.05) is 0 Å². The number of carbonyl (C=O) groups is 1. The highest BCUT2D eigenvalue weighted by molar-refractivity contribution is 7.85. The lowest BCUT2D eigenvalue weighted by Gasteiger charge is -2.10. The molecule has 136 valence electrons. The molecular weight excluding hydrogens is 332 g/mol. The molecule has 0 saturated heterocycles. The monoisotopic (exact) mass is 358 g/mol. The Kier molecular flexibility index (Phi) is 8.78. The summed E-state index contributed by atoms with van der Waals surface area (Å²) in [6.45, 7) is 2.17. The van der Waals surface area contributed by atoms with Crippen LogP contribution in [0.15, 0.2) is 23.1 Å². The highest BCUT2D eigenvalue weighted by Crippen LogP contribution is 2.30. The number of esters is 1. The Labute approximate surface area is 143 Å². The quantitative estimate of drug-likeness (QED) is 0.278. The number of hydrogen-bond acceptors (Lipinski definition) is 5. The van der Waals surface area contributed by atoms with Gasteiger partial charge in [0.25, 0.3) is 10.1 Å². The molecule has 0 aliphatic rings. The van der Waals surface area contributed by atoms with Crippen LogP contribution >= 0.6 is 0 Å². The Balaban J connectivity index is 2.51. The fraction of sp³-hybridized carbons (Fsp3) is 0.588. The van der Waals surface area contributed by atoms with Crippen LogP contribution in [0, 0.1) is 0 Å². The van der Waals surface area contributed by atoms with Crippen LogP contribution in [0.5, 0.6) is 11.5 Å². The van der Waals surface area contributed by atoms with Gasteiger partial charge in [-0.05, 0) is 18.6 Å². The van der Waals surface area contributed by atoms with Crippen molar-refractivity contribution in [1.29, 1.82) is 0 Å². The van der Waals surface area contributed by atoms with Crippen LogP contribution in [0.3, 0.4) is 0 Å². The zero-order valence-electron chi connectivity index (χ0n) is 14.3. The molecule has 0 heterocycles. The predicted octanol–water partition coefficient (Wildman–Crippen LogP) is 3.99.